The third kappa shape index (κ3) is 32.9. The second-order valence-corrected chi connectivity index (χ2v) is 14.2. The van der Waals surface area contributed by atoms with Crippen molar-refractivity contribution in [1.29, 1.82) is 0 Å². The zero-order valence-electron chi connectivity index (χ0n) is 32.5. The third-order valence-electron chi connectivity index (χ3n) is 9.14. The van der Waals surface area contributed by atoms with Gasteiger partial charge in [0.25, 0.3) is 0 Å². The van der Waals surface area contributed by atoms with Gasteiger partial charge in [0, 0.05) is 19.5 Å². The molecule has 0 aromatic heterocycles. The van der Waals surface area contributed by atoms with E-state index >= 15 is 0 Å². The fourth-order valence-corrected chi connectivity index (χ4v) is 6.09. The third-order valence-corrected chi connectivity index (χ3v) is 9.14. The predicted molar refractivity (Wildman–Crippen MR) is 206 cm³/mol. The number of nitrogens with zero attached hydrogens (tertiary/aromatic N) is 2. The van der Waals surface area contributed by atoms with Crippen LogP contribution in [-0.4, -0.2) is 62.2 Å². The van der Waals surface area contributed by atoms with Crippen molar-refractivity contribution in [2.45, 2.75) is 187 Å². The molecule has 0 bridgehead atoms. The zero-order valence-corrected chi connectivity index (χ0v) is 32.5. The Morgan fingerprint density at radius 2 is 1.17 bits per heavy atom. The molecule has 0 saturated carbocycles. The first-order valence-electron chi connectivity index (χ1n) is 20.5. The average molecular weight is 677 g/mol. The number of carbonyl (C=O) groups excluding carboxylic acids is 2. The van der Waals surface area contributed by atoms with Gasteiger partial charge in [0.1, 0.15) is 0 Å². The van der Waals surface area contributed by atoms with Crippen molar-refractivity contribution in [2.24, 2.45) is 5.92 Å². The Balaban J connectivity index is 4.29. The summed E-state index contributed by atoms with van der Waals surface area (Å²) < 4.78 is 5.76. The number of rotatable bonds is 37. The number of hydrogen-bond donors (Lipinski definition) is 0. The van der Waals surface area contributed by atoms with Crippen molar-refractivity contribution in [3.05, 3.63) is 24.8 Å². The number of unbranched alkanes of at least 4 members (excludes halogenated alkanes) is 18. The molecule has 0 aromatic carbocycles. The molecule has 0 saturated heterocycles. The van der Waals surface area contributed by atoms with E-state index in [1.807, 2.05) is 25.2 Å². The van der Waals surface area contributed by atoms with Crippen LogP contribution >= 0.6 is 0 Å². The van der Waals surface area contributed by atoms with E-state index < -0.39 is 0 Å². The molecule has 0 heterocycles. The highest BCUT2D eigenvalue weighted by molar-refractivity contribution is 5.72. The summed E-state index contributed by atoms with van der Waals surface area (Å²) in [5, 5.41) is 1.94. The number of hydrogen-bond acceptors (Lipinski definition) is 6. The van der Waals surface area contributed by atoms with Gasteiger partial charge in [-0.1, -0.05) is 128 Å². The Morgan fingerprint density at radius 3 is 1.77 bits per heavy atom. The van der Waals surface area contributed by atoms with Crippen molar-refractivity contribution in [3.8, 4) is 0 Å². The second kappa shape index (κ2) is 36.6. The van der Waals surface area contributed by atoms with Crippen molar-refractivity contribution >= 4 is 11.9 Å². The van der Waals surface area contributed by atoms with E-state index in [0.29, 0.717) is 13.0 Å². The van der Waals surface area contributed by atoms with Crippen molar-refractivity contribution < 1.29 is 19.2 Å². The number of carbonyl (C=O) groups is 2. The lowest BCUT2D eigenvalue weighted by molar-refractivity contribution is -0.191. The minimum absolute atomic E-state index is 0.0262. The topological polar surface area (TPSA) is 59.1 Å². The van der Waals surface area contributed by atoms with Gasteiger partial charge in [-0.05, 0) is 91.3 Å². The van der Waals surface area contributed by atoms with Gasteiger partial charge < -0.3 is 14.5 Å². The smallest absolute Gasteiger partial charge is 0.325 e. The van der Waals surface area contributed by atoms with Crippen LogP contribution < -0.4 is 0 Å². The summed E-state index contributed by atoms with van der Waals surface area (Å²) in [6.07, 6.45) is 36.8. The zero-order chi connectivity index (χ0) is 35.3. The predicted octanol–water partition coefficient (Wildman–Crippen LogP) is 11.8. The number of hydroxylamine groups is 2. The molecule has 48 heavy (non-hydrogen) atoms. The van der Waals surface area contributed by atoms with E-state index in [1.165, 1.54) is 70.6 Å². The Morgan fingerprint density at radius 1 is 0.625 bits per heavy atom. The second-order valence-electron chi connectivity index (χ2n) is 14.2. The largest absolute Gasteiger partial charge is 0.465 e. The molecule has 0 radical (unpaired) electrons. The molecule has 0 aromatic rings. The van der Waals surface area contributed by atoms with Crippen LogP contribution in [0.2, 0.25) is 0 Å². The SMILES string of the molecule is C=CCCCCC(CCCCCCCC)C(=O)OCCCCCCCCN(CCCCCCCC/C=C\CC)OC(=O)CCCN(C)C. The summed E-state index contributed by atoms with van der Waals surface area (Å²) in [7, 11) is 4.07. The van der Waals surface area contributed by atoms with E-state index in [-0.39, 0.29) is 17.9 Å². The van der Waals surface area contributed by atoms with Crippen LogP contribution in [-0.2, 0) is 19.2 Å². The van der Waals surface area contributed by atoms with Gasteiger partial charge in [0.2, 0.25) is 0 Å². The van der Waals surface area contributed by atoms with Gasteiger partial charge in [-0.2, -0.15) is 0 Å². The van der Waals surface area contributed by atoms with Gasteiger partial charge in [0.05, 0.1) is 12.5 Å². The number of allylic oxidation sites excluding steroid dienone is 3. The van der Waals surface area contributed by atoms with E-state index in [0.717, 1.165) is 116 Å². The highest BCUT2D eigenvalue weighted by Crippen LogP contribution is 2.21. The lowest BCUT2D eigenvalue weighted by Crippen LogP contribution is -2.30. The van der Waals surface area contributed by atoms with Gasteiger partial charge in [-0.3, -0.25) is 9.59 Å². The minimum Gasteiger partial charge on any atom is -0.465 e. The molecule has 282 valence electrons. The molecule has 6 heteroatoms. The molecular weight excluding hydrogens is 596 g/mol. The van der Waals surface area contributed by atoms with Crippen LogP contribution in [0.3, 0.4) is 0 Å². The Bertz CT molecular complexity index is 754. The molecular formula is C42H80N2O4. The van der Waals surface area contributed by atoms with Crippen LogP contribution in [0.5, 0.6) is 0 Å². The molecule has 1 unspecified atom stereocenters. The number of esters is 1. The minimum atomic E-state index is -0.0995. The molecule has 0 aliphatic rings. The van der Waals surface area contributed by atoms with Crippen molar-refractivity contribution in [3.63, 3.8) is 0 Å². The van der Waals surface area contributed by atoms with Gasteiger partial charge in [-0.15, -0.1) is 11.6 Å². The monoisotopic (exact) mass is 677 g/mol. The molecule has 0 fully saturated rings. The van der Waals surface area contributed by atoms with Crippen molar-refractivity contribution in [1.82, 2.24) is 9.96 Å². The molecule has 6 nitrogen and oxygen atoms in total. The molecule has 1 atom stereocenters. The van der Waals surface area contributed by atoms with Crippen LogP contribution in [0.4, 0.5) is 0 Å². The summed E-state index contributed by atoms with van der Waals surface area (Å²) in [6.45, 7) is 11.4. The van der Waals surface area contributed by atoms with Gasteiger partial charge in [-0.25, -0.2) is 0 Å². The summed E-state index contributed by atoms with van der Waals surface area (Å²) in [5.41, 5.74) is 0. The Hall–Kier alpha value is -1.66. The molecule has 0 aliphatic heterocycles. The standard InChI is InChI=1S/C42H80N2O4/c1-6-9-12-15-17-18-19-20-24-29-37-44(48-41(45)35-32-36-43(4)5)38-30-25-21-22-26-31-39-47-42(46)40(33-27-14-11-8-3)34-28-23-16-13-10-7-2/h8-9,12,40H,3,6-7,10-11,13-39H2,1-2,4-5H3/b12-9-. The van der Waals surface area contributed by atoms with Crippen LogP contribution in [0.1, 0.15) is 187 Å². The Kier molecular flexibility index (Phi) is 35.3. The summed E-state index contributed by atoms with van der Waals surface area (Å²) in [4.78, 5) is 33.3. The first-order valence-corrected chi connectivity index (χ1v) is 20.5. The quantitative estimate of drug-likeness (QED) is 0.0282. The summed E-state index contributed by atoms with van der Waals surface area (Å²) >= 11 is 0. The molecule has 0 amide bonds. The maximum atomic E-state index is 12.9. The molecule has 0 spiro atoms. The fraction of sp³-hybridized carbons (Fsp3) is 0.857. The Labute approximate surface area is 298 Å². The van der Waals surface area contributed by atoms with Crippen LogP contribution in [0, 0.1) is 5.92 Å². The maximum absolute atomic E-state index is 12.9. The van der Waals surface area contributed by atoms with Crippen molar-refractivity contribution in [2.75, 3.05) is 40.3 Å². The lowest BCUT2D eigenvalue weighted by atomic mass is 9.94. The summed E-state index contributed by atoms with van der Waals surface area (Å²) in [5.74, 6) is -0.0140. The van der Waals surface area contributed by atoms with Crippen LogP contribution in [0.25, 0.3) is 0 Å². The van der Waals surface area contributed by atoms with Gasteiger partial charge >= 0.3 is 11.9 Å². The molecule has 0 aliphatic carbocycles. The van der Waals surface area contributed by atoms with E-state index in [2.05, 4.69) is 37.5 Å². The van der Waals surface area contributed by atoms with E-state index in [1.54, 1.807) is 0 Å². The fourth-order valence-electron chi connectivity index (χ4n) is 6.09. The average Bonchev–Trinajstić information content (AvgIpc) is 3.06. The maximum Gasteiger partial charge on any atom is 0.325 e. The first-order chi connectivity index (χ1) is 23.4. The summed E-state index contributed by atoms with van der Waals surface area (Å²) in [6, 6.07) is 0. The molecule has 0 rings (SSSR count). The highest BCUT2D eigenvalue weighted by Gasteiger charge is 2.19. The van der Waals surface area contributed by atoms with Gasteiger partial charge in [0.15, 0.2) is 0 Å². The normalized spacial score (nSPS) is 12.3. The molecule has 0 N–H and O–H groups in total. The number of ether oxygens (including phenoxy) is 1. The first kappa shape index (κ1) is 46.3. The highest BCUT2D eigenvalue weighted by atomic mass is 16.7. The lowest BCUT2D eigenvalue weighted by Gasteiger charge is -2.21. The van der Waals surface area contributed by atoms with E-state index in [4.69, 9.17) is 9.57 Å². The van der Waals surface area contributed by atoms with Crippen LogP contribution in [0.15, 0.2) is 24.8 Å². The van der Waals surface area contributed by atoms with E-state index in [9.17, 15) is 9.59 Å².